The SMILES string of the molecule is CC1(N2CCC(=O)NC(c3ccccc3)C2=O)CCCC1. The summed E-state index contributed by atoms with van der Waals surface area (Å²) in [7, 11) is 0. The molecule has 2 aliphatic rings. The van der Waals surface area contributed by atoms with E-state index in [4.69, 9.17) is 0 Å². The van der Waals surface area contributed by atoms with E-state index >= 15 is 0 Å². The standard InChI is InChI=1S/C17H22N2O2/c1-17(10-5-6-11-17)19-12-9-14(20)18-15(16(19)21)13-7-3-2-4-8-13/h2-4,7-8,15H,5-6,9-12H2,1H3,(H,18,20). The van der Waals surface area contributed by atoms with Crippen molar-refractivity contribution < 1.29 is 9.59 Å². The zero-order valence-corrected chi connectivity index (χ0v) is 12.5. The largest absolute Gasteiger partial charge is 0.340 e. The Labute approximate surface area is 125 Å². The van der Waals surface area contributed by atoms with Gasteiger partial charge in [0.25, 0.3) is 0 Å². The van der Waals surface area contributed by atoms with Crippen LogP contribution in [0.4, 0.5) is 0 Å². The molecule has 0 bridgehead atoms. The van der Waals surface area contributed by atoms with Crippen LogP contribution in [0.1, 0.15) is 50.6 Å². The summed E-state index contributed by atoms with van der Waals surface area (Å²) < 4.78 is 0. The van der Waals surface area contributed by atoms with Crippen molar-refractivity contribution in [2.45, 2.75) is 50.6 Å². The first-order chi connectivity index (χ1) is 10.1. The smallest absolute Gasteiger partial charge is 0.250 e. The molecule has 1 aromatic carbocycles. The molecule has 4 heteroatoms. The number of hydrogen-bond acceptors (Lipinski definition) is 2. The predicted octanol–water partition coefficient (Wildman–Crippen LogP) is 2.41. The first kappa shape index (κ1) is 14.1. The van der Waals surface area contributed by atoms with Crippen LogP contribution >= 0.6 is 0 Å². The lowest BCUT2D eigenvalue weighted by atomic mass is 9.95. The predicted molar refractivity (Wildman–Crippen MR) is 80.5 cm³/mol. The van der Waals surface area contributed by atoms with E-state index in [1.807, 2.05) is 35.2 Å². The Balaban J connectivity index is 1.92. The van der Waals surface area contributed by atoms with Crippen LogP contribution in [-0.4, -0.2) is 28.8 Å². The molecule has 1 saturated heterocycles. The summed E-state index contributed by atoms with van der Waals surface area (Å²) >= 11 is 0. The average molecular weight is 286 g/mol. The maximum Gasteiger partial charge on any atom is 0.250 e. The topological polar surface area (TPSA) is 49.4 Å². The van der Waals surface area contributed by atoms with Gasteiger partial charge in [-0.1, -0.05) is 43.2 Å². The molecule has 2 amide bonds. The molecule has 0 aromatic heterocycles. The Kier molecular flexibility index (Phi) is 3.70. The van der Waals surface area contributed by atoms with Gasteiger partial charge in [0, 0.05) is 18.5 Å². The van der Waals surface area contributed by atoms with Crippen LogP contribution in [-0.2, 0) is 9.59 Å². The van der Waals surface area contributed by atoms with Gasteiger partial charge in [0.05, 0.1) is 0 Å². The van der Waals surface area contributed by atoms with Crippen molar-refractivity contribution in [1.29, 1.82) is 0 Å². The second-order valence-corrected chi connectivity index (χ2v) is 6.36. The van der Waals surface area contributed by atoms with E-state index in [0.29, 0.717) is 13.0 Å². The van der Waals surface area contributed by atoms with Gasteiger partial charge < -0.3 is 10.2 Å². The number of carbonyl (C=O) groups excluding carboxylic acids is 2. The summed E-state index contributed by atoms with van der Waals surface area (Å²) in [6.45, 7) is 2.69. The van der Waals surface area contributed by atoms with Gasteiger partial charge in [-0.2, -0.15) is 0 Å². The van der Waals surface area contributed by atoms with Gasteiger partial charge in [-0.05, 0) is 25.3 Å². The lowest BCUT2D eigenvalue weighted by Gasteiger charge is -2.39. The fraction of sp³-hybridized carbons (Fsp3) is 0.529. The van der Waals surface area contributed by atoms with Crippen molar-refractivity contribution in [1.82, 2.24) is 10.2 Å². The quantitative estimate of drug-likeness (QED) is 0.907. The van der Waals surface area contributed by atoms with Crippen LogP contribution in [0.2, 0.25) is 0 Å². The van der Waals surface area contributed by atoms with Gasteiger partial charge in [0.15, 0.2) is 0 Å². The van der Waals surface area contributed by atoms with Crippen LogP contribution in [0, 0.1) is 0 Å². The van der Waals surface area contributed by atoms with E-state index in [2.05, 4.69) is 12.2 Å². The van der Waals surface area contributed by atoms with Gasteiger partial charge in [-0.25, -0.2) is 0 Å². The molecule has 0 spiro atoms. The Morgan fingerprint density at radius 1 is 1.14 bits per heavy atom. The first-order valence-corrected chi connectivity index (χ1v) is 7.76. The van der Waals surface area contributed by atoms with E-state index in [9.17, 15) is 9.59 Å². The first-order valence-electron chi connectivity index (χ1n) is 7.76. The molecule has 1 N–H and O–H groups in total. The molecule has 2 fully saturated rings. The van der Waals surface area contributed by atoms with E-state index in [1.54, 1.807) is 0 Å². The molecule has 3 rings (SSSR count). The number of benzene rings is 1. The monoisotopic (exact) mass is 286 g/mol. The highest BCUT2D eigenvalue weighted by Gasteiger charge is 2.42. The average Bonchev–Trinajstić information content (AvgIpc) is 2.86. The van der Waals surface area contributed by atoms with Gasteiger partial charge in [0.2, 0.25) is 11.8 Å². The Morgan fingerprint density at radius 3 is 2.48 bits per heavy atom. The minimum atomic E-state index is -0.543. The minimum Gasteiger partial charge on any atom is -0.340 e. The zero-order chi connectivity index (χ0) is 14.9. The number of nitrogens with zero attached hydrogens (tertiary/aromatic N) is 1. The van der Waals surface area contributed by atoms with E-state index in [-0.39, 0.29) is 17.4 Å². The molecule has 112 valence electrons. The number of amides is 2. The van der Waals surface area contributed by atoms with Crippen LogP contribution in [0.5, 0.6) is 0 Å². The number of rotatable bonds is 2. The van der Waals surface area contributed by atoms with Crippen molar-refractivity contribution in [3.05, 3.63) is 35.9 Å². The Bertz CT molecular complexity index is 535. The lowest BCUT2D eigenvalue weighted by Crippen LogP contribution is -2.50. The third-order valence-electron chi connectivity index (χ3n) is 4.85. The van der Waals surface area contributed by atoms with Gasteiger partial charge >= 0.3 is 0 Å². The summed E-state index contributed by atoms with van der Waals surface area (Å²) in [6, 6.07) is 9.00. The highest BCUT2D eigenvalue weighted by atomic mass is 16.2. The van der Waals surface area contributed by atoms with Crippen LogP contribution < -0.4 is 5.32 Å². The van der Waals surface area contributed by atoms with E-state index in [1.165, 1.54) is 0 Å². The van der Waals surface area contributed by atoms with Crippen molar-refractivity contribution in [2.75, 3.05) is 6.54 Å². The molecule has 1 heterocycles. The van der Waals surface area contributed by atoms with Crippen LogP contribution in [0.3, 0.4) is 0 Å². The molecule has 21 heavy (non-hydrogen) atoms. The fourth-order valence-electron chi connectivity index (χ4n) is 3.59. The highest BCUT2D eigenvalue weighted by molar-refractivity contribution is 5.91. The summed E-state index contributed by atoms with van der Waals surface area (Å²) in [5.74, 6) is -0.00208. The van der Waals surface area contributed by atoms with Gasteiger partial charge in [0.1, 0.15) is 6.04 Å². The van der Waals surface area contributed by atoms with Crippen LogP contribution in [0.25, 0.3) is 0 Å². The van der Waals surface area contributed by atoms with E-state index in [0.717, 1.165) is 31.2 Å². The Hall–Kier alpha value is -1.84. The third kappa shape index (κ3) is 2.67. The van der Waals surface area contributed by atoms with Gasteiger partial charge in [-0.15, -0.1) is 0 Å². The van der Waals surface area contributed by atoms with Crippen molar-refractivity contribution in [2.24, 2.45) is 0 Å². The molecule has 1 aliphatic heterocycles. The van der Waals surface area contributed by atoms with Crippen molar-refractivity contribution >= 4 is 11.8 Å². The molecule has 1 saturated carbocycles. The lowest BCUT2D eigenvalue weighted by molar-refractivity contribution is -0.138. The number of nitrogens with one attached hydrogen (secondary N) is 1. The molecule has 0 radical (unpaired) electrons. The Morgan fingerprint density at radius 2 is 1.81 bits per heavy atom. The minimum absolute atomic E-state index is 0.0384. The second-order valence-electron chi connectivity index (χ2n) is 6.36. The number of carbonyl (C=O) groups is 2. The molecule has 4 nitrogen and oxygen atoms in total. The molecule has 1 aromatic rings. The summed E-state index contributed by atoms with van der Waals surface area (Å²) in [6.07, 6.45) is 4.79. The highest BCUT2D eigenvalue weighted by Crippen LogP contribution is 2.37. The number of hydrogen-bond donors (Lipinski definition) is 1. The summed E-state index contributed by atoms with van der Waals surface area (Å²) in [5.41, 5.74) is 0.778. The second kappa shape index (κ2) is 5.51. The molecule has 1 unspecified atom stereocenters. The van der Waals surface area contributed by atoms with E-state index < -0.39 is 6.04 Å². The fourth-order valence-corrected chi connectivity index (χ4v) is 3.59. The van der Waals surface area contributed by atoms with Crippen molar-refractivity contribution in [3.63, 3.8) is 0 Å². The van der Waals surface area contributed by atoms with Gasteiger partial charge in [-0.3, -0.25) is 9.59 Å². The van der Waals surface area contributed by atoms with Crippen LogP contribution in [0.15, 0.2) is 30.3 Å². The summed E-state index contributed by atoms with van der Waals surface area (Å²) in [4.78, 5) is 26.9. The molecule has 1 aliphatic carbocycles. The maximum absolute atomic E-state index is 13.0. The molecular formula is C17H22N2O2. The summed E-state index contributed by atoms with van der Waals surface area (Å²) in [5, 5.41) is 2.89. The third-order valence-corrected chi connectivity index (χ3v) is 4.85. The zero-order valence-electron chi connectivity index (χ0n) is 12.5. The maximum atomic E-state index is 13.0. The van der Waals surface area contributed by atoms with Crippen molar-refractivity contribution in [3.8, 4) is 0 Å². The normalized spacial score (nSPS) is 25.6. The molecular weight excluding hydrogens is 264 g/mol. The molecule has 1 atom stereocenters.